The Morgan fingerprint density at radius 1 is 1.06 bits per heavy atom. The molecular formula is C26H26F4N2OS. The Kier molecular flexibility index (Phi) is 8.50. The number of rotatable bonds is 9. The molecule has 2 aromatic carbocycles. The van der Waals surface area contributed by atoms with Crippen LogP contribution in [-0.2, 0) is 6.18 Å². The van der Waals surface area contributed by atoms with Gasteiger partial charge in [0.2, 0.25) is 0 Å². The van der Waals surface area contributed by atoms with E-state index in [-0.39, 0.29) is 23.9 Å². The van der Waals surface area contributed by atoms with E-state index in [0.717, 1.165) is 30.0 Å². The second-order valence-electron chi connectivity index (χ2n) is 8.06. The van der Waals surface area contributed by atoms with Crippen LogP contribution in [0.15, 0.2) is 71.1 Å². The lowest BCUT2D eigenvalue weighted by atomic mass is 10.1. The van der Waals surface area contributed by atoms with Crippen LogP contribution in [-0.4, -0.2) is 11.6 Å². The van der Waals surface area contributed by atoms with Crippen LogP contribution in [0.4, 0.5) is 28.4 Å². The number of anilines is 2. The summed E-state index contributed by atoms with van der Waals surface area (Å²) < 4.78 is 59.6. The zero-order valence-electron chi connectivity index (χ0n) is 19.2. The quantitative estimate of drug-likeness (QED) is 0.240. The smallest absolute Gasteiger partial charge is 0.420 e. The van der Waals surface area contributed by atoms with Crippen molar-refractivity contribution in [1.82, 2.24) is 4.98 Å². The predicted molar refractivity (Wildman–Crippen MR) is 130 cm³/mol. The van der Waals surface area contributed by atoms with Gasteiger partial charge in [-0.25, -0.2) is 9.37 Å². The van der Waals surface area contributed by atoms with Gasteiger partial charge >= 0.3 is 6.18 Å². The van der Waals surface area contributed by atoms with Gasteiger partial charge in [-0.1, -0.05) is 17.2 Å². The highest BCUT2D eigenvalue weighted by Gasteiger charge is 2.34. The van der Waals surface area contributed by atoms with Crippen molar-refractivity contribution in [2.45, 2.75) is 39.8 Å². The molecule has 8 heteroatoms. The van der Waals surface area contributed by atoms with E-state index in [0.29, 0.717) is 10.8 Å². The Balaban J connectivity index is 1.70. The minimum atomic E-state index is -4.57. The Labute approximate surface area is 200 Å². The number of thiazole rings is 1. The van der Waals surface area contributed by atoms with E-state index in [4.69, 9.17) is 4.74 Å². The summed E-state index contributed by atoms with van der Waals surface area (Å²) in [6.45, 7) is 6.05. The summed E-state index contributed by atoms with van der Waals surface area (Å²) in [5.41, 5.74) is 3.00. The first-order chi connectivity index (χ1) is 16.1. The number of ether oxygens (including phenoxy) is 1. The lowest BCUT2D eigenvalue weighted by Gasteiger charge is -2.15. The molecule has 0 radical (unpaired) electrons. The number of benzene rings is 2. The van der Waals surface area contributed by atoms with Crippen molar-refractivity contribution in [2.24, 2.45) is 0 Å². The third kappa shape index (κ3) is 7.45. The highest BCUT2D eigenvalue weighted by Crippen LogP contribution is 2.39. The largest absolute Gasteiger partial charge is 0.489 e. The lowest BCUT2D eigenvalue weighted by molar-refractivity contribution is -0.138. The fourth-order valence-corrected chi connectivity index (χ4v) is 3.87. The topological polar surface area (TPSA) is 34.1 Å². The third-order valence-corrected chi connectivity index (χ3v) is 5.70. The minimum absolute atomic E-state index is 0.0595. The summed E-state index contributed by atoms with van der Waals surface area (Å²) in [4.78, 5) is 4.38. The molecule has 0 amide bonds. The molecule has 3 nitrogen and oxygen atoms in total. The molecule has 0 fully saturated rings. The predicted octanol–water partition coefficient (Wildman–Crippen LogP) is 8.78. The molecule has 0 aliphatic rings. The first-order valence-corrected chi connectivity index (χ1v) is 11.6. The highest BCUT2D eigenvalue weighted by molar-refractivity contribution is 7.14. The van der Waals surface area contributed by atoms with Gasteiger partial charge in [-0.2, -0.15) is 13.2 Å². The lowest BCUT2D eigenvalue weighted by Crippen LogP contribution is -2.09. The van der Waals surface area contributed by atoms with Crippen LogP contribution in [0, 0.1) is 5.82 Å². The van der Waals surface area contributed by atoms with Gasteiger partial charge < -0.3 is 10.1 Å². The molecular weight excluding hydrogens is 464 g/mol. The fourth-order valence-electron chi connectivity index (χ4n) is 3.13. The molecule has 1 heterocycles. The Morgan fingerprint density at radius 2 is 1.79 bits per heavy atom. The van der Waals surface area contributed by atoms with Gasteiger partial charge in [-0.05, 0) is 82.2 Å². The van der Waals surface area contributed by atoms with Gasteiger partial charge in [0.15, 0.2) is 5.13 Å². The van der Waals surface area contributed by atoms with Crippen molar-refractivity contribution in [3.63, 3.8) is 0 Å². The summed E-state index contributed by atoms with van der Waals surface area (Å²) in [7, 11) is 0. The van der Waals surface area contributed by atoms with Crippen LogP contribution >= 0.6 is 11.3 Å². The summed E-state index contributed by atoms with van der Waals surface area (Å²) >= 11 is 1.25. The number of nitrogens with one attached hydrogen (secondary N) is 1. The first-order valence-electron chi connectivity index (χ1n) is 10.7. The Bertz CT molecular complexity index is 1160. The van der Waals surface area contributed by atoms with Crippen LogP contribution in [0.25, 0.3) is 11.3 Å². The standard InChI is InChI=1S/C26H26F4N2OS/c1-17(2)5-4-6-18(3)13-14-33-24-12-11-21(15-22(24)26(28,29)30)31-25-32-23(16-34-25)19-7-9-20(27)10-8-19/h5,7-13,15-16H,4,6,14H2,1-3H3,(H,31,32). The number of hydrogen-bond donors (Lipinski definition) is 1. The summed E-state index contributed by atoms with van der Waals surface area (Å²) in [6.07, 6.45) is 1.07. The van der Waals surface area contributed by atoms with E-state index >= 15 is 0 Å². The number of alkyl halides is 3. The molecule has 3 aromatic rings. The molecule has 0 saturated heterocycles. The van der Waals surface area contributed by atoms with Gasteiger partial charge in [0.05, 0.1) is 11.3 Å². The Hall–Kier alpha value is -3.13. The molecule has 0 unspecified atom stereocenters. The number of hydrogen-bond acceptors (Lipinski definition) is 4. The third-order valence-electron chi connectivity index (χ3n) is 4.94. The van der Waals surface area contributed by atoms with Crippen LogP contribution in [0.5, 0.6) is 5.75 Å². The van der Waals surface area contributed by atoms with Crippen molar-refractivity contribution >= 4 is 22.2 Å². The Morgan fingerprint density at radius 3 is 2.47 bits per heavy atom. The molecule has 180 valence electrons. The maximum absolute atomic E-state index is 13.7. The van der Waals surface area contributed by atoms with Crippen LogP contribution < -0.4 is 10.1 Å². The molecule has 0 atom stereocenters. The van der Waals surface area contributed by atoms with E-state index in [9.17, 15) is 17.6 Å². The highest BCUT2D eigenvalue weighted by atomic mass is 32.1. The zero-order valence-corrected chi connectivity index (χ0v) is 20.0. The minimum Gasteiger partial charge on any atom is -0.489 e. The monoisotopic (exact) mass is 490 g/mol. The zero-order chi connectivity index (χ0) is 24.7. The summed E-state index contributed by atoms with van der Waals surface area (Å²) in [5, 5.41) is 5.09. The maximum Gasteiger partial charge on any atom is 0.420 e. The van der Waals surface area contributed by atoms with Gasteiger partial charge in [0.1, 0.15) is 18.2 Å². The van der Waals surface area contributed by atoms with Gasteiger partial charge in [0, 0.05) is 16.6 Å². The number of aromatic nitrogens is 1. The average molecular weight is 491 g/mol. The molecule has 1 aromatic heterocycles. The van der Waals surface area contributed by atoms with E-state index in [1.165, 1.54) is 41.2 Å². The van der Waals surface area contributed by atoms with Gasteiger partial charge in [-0.3, -0.25) is 0 Å². The molecule has 0 spiro atoms. The van der Waals surface area contributed by atoms with Gasteiger partial charge in [-0.15, -0.1) is 11.3 Å². The second kappa shape index (κ2) is 11.3. The number of halogens is 4. The number of nitrogens with zero attached hydrogens (tertiary/aromatic N) is 1. The first kappa shape index (κ1) is 25.5. The van der Waals surface area contributed by atoms with Crippen molar-refractivity contribution in [3.8, 4) is 17.0 Å². The second-order valence-corrected chi connectivity index (χ2v) is 8.92. The normalized spacial score (nSPS) is 11.9. The van der Waals surface area contributed by atoms with E-state index in [2.05, 4.69) is 16.4 Å². The SMILES string of the molecule is CC(C)=CCCC(C)=CCOc1ccc(Nc2nc(-c3ccc(F)cc3)cs2)cc1C(F)(F)F. The average Bonchev–Trinajstić information content (AvgIpc) is 3.22. The molecule has 34 heavy (non-hydrogen) atoms. The van der Waals surface area contributed by atoms with Crippen molar-refractivity contribution in [1.29, 1.82) is 0 Å². The van der Waals surface area contributed by atoms with Crippen molar-refractivity contribution < 1.29 is 22.3 Å². The number of allylic oxidation sites excluding steroid dienone is 3. The molecule has 3 rings (SSSR count). The molecule has 1 N–H and O–H groups in total. The summed E-state index contributed by atoms with van der Waals surface area (Å²) in [5.74, 6) is -0.578. The van der Waals surface area contributed by atoms with Crippen LogP contribution in [0.1, 0.15) is 39.2 Å². The van der Waals surface area contributed by atoms with Gasteiger partial charge in [0.25, 0.3) is 0 Å². The maximum atomic E-state index is 13.7. The van der Waals surface area contributed by atoms with E-state index in [1.54, 1.807) is 23.6 Å². The molecule has 0 bridgehead atoms. The summed E-state index contributed by atoms with van der Waals surface area (Å²) in [6, 6.07) is 9.70. The molecule has 0 aliphatic carbocycles. The van der Waals surface area contributed by atoms with Crippen LogP contribution in [0.2, 0.25) is 0 Å². The molecule has 0 saturated carbocycles. The molecule has 0 aliphatic heterocycles. The van der Waals surface area contributed by atoms with Crippen molar-refractivity contribution in [3.05, 3.63) is 82.5 Å². The fraction of sp³-hybridized carbons (Fsp3) is 0.269. The van der Waals surface area contributed by atoms with Crippen LogP contribution in [0.3, 0.4) is 0 Å². The van der Waals surface area contributed by atoms with E-state index in [1.807, 2.05) is 20.8 Å². The van der Waals surface area contributed by atoms with Crippen molar-refractivity contribution in [2.75, 3.05) is 11.9 Å². The van der Waals surface area contributed by atoms with E-state index < -0.39 is 11.7 Å².